The van der Waals surface area contributed by atoms with Crippen molar-refractivity contribution >= 4 is 72.5 Å². The van der Waals surface area contributed by atoms with Gasteiger partial charge in [-0.1, -0.05) is 39.2 Å². The summed E-state index contributed by atoms with van der Waals surface area (Å²) >= 11 is 12.7. The minimum Gasteiger partial charge on any atom is -0.504 e. The van der Waals surface area contributed by atoms with Crippen LogP contribution in [0.25, 0.3) is 0 Å². The van der Waals surface area contributed by atoms with Gasteiger partial charge in [-0.15, -0.1) is 0 Å². The van der Waals surface area contributed by atoms with E-state index in [9.17, 15) is 24.3 Å². The molecule has 2 aromatic rings. The maximum Gasteiger partial charge on any atom is 0.238 e. The van der Waals surface area contributed by atoms with Crippen LogP contribution in [0.5, 0.6) is 11.5 Å². The molecule has 1 N–H and O–H groups in total. The van der Waals surface area contributed by atoms with Gasteiger partial charge in [0, 0.05) is 38.2 Å². The summed E-state index contributed by atoms with van der Waals surface area (Å²) in [6.45, 7) is 0. The molecule has 6 rings (SSSR count). The highest BCUT2D eigenvalue weighted by Crippen LogP contribution is 2.57. The van der Waals surface area contributed by atoms with E-state index in [1.807, 2.05) is 6.08 Å². The van der Waals surface area contributed by atoms with Gasteiger partial charge in [0.1, 0.15) is 0 Å². The Bertz CT molecular complexity index is 1590. The molecule has 7 nitrogen and oxygen atoms in total. The van der Waals surface area contributed by atoms with Crippen LogP contribution in [0.4, 0.5) is 5.69 Å². The van der Waals surface area contributed by atoms with Gasteiger partial charge in [-0.2, -0.15) is 0 Å². The van der Waals surface area contributed by atoms with Gasteiger partial charge in [0.25, 0.3) is 0 Å². The number of halogens is 3. The number of allylic oxidation sites excluding steroid dienone is 6. The number of hydrogen-bond acceptors (Lipinski definition) is 6. The minimum atomic E-state index is -0.799. The van der Waals surface area contributed by atoms with Crippen molar-refractivity contribution in [2.24, 2.45) is 17.8 Å². The van der Waals surface area contributed by atoms with Crippen molar-refractivity contribution in [2.45, 2.75) is 18.8 Å². The van der Waals surface area contributed by atoms with Gasteiger partial charge >= 0.3 is 0 Å². The molecule has 1 heterocycles. The van der Waals surface area contributed by atoms with E-state index in [4.69, 9.17) is 16.3 Å². The minimum absolute atomic E-state index is 0.131. The molecule has 1 fully saturated rings. The molecule has 0 spiro atoms. The molecule has 0 saturated carbocycles. The molecule has 0 unspecified atom stereocenters. The standard InChI is InChI=1S/C29H20Br2ClNO6/c1-39-22-9-12(30)8-18(27(22)36)23-15-6-7-16-24(17(15)10-19-25(23)21(34)11-20(31)26(19)35)29(38)33(28(16)37)14-4-2-13(32)3-5-14/h2-6,8-9,11,16-17,23-24,36H,7,10H2,1H3/t16-,17+,23+,24-/m0/s1. The Labute approximate surface area is 245 Å². The SMILES string of the molecule is COc1cc(Br)cc([C@H]2C3=CC[C@@H]4C(=O)N(c5ccc(Cl)cc5)C(=O)[C@@H]4[C@@H]3CC3=C2C(=O)C=C(Br)C3=O)c1O. The van der Waals surface area contributed by atoms with Crippen LogP contribution in [0.3, 0.4) is 0 Å². The highest BCUT2D eigenvalue weighted by atomic mass is 79.9. The number of nitrogens with zero attached hydrogens (tertiary/aromatic N) is 1. The first-order chi connectivity index (χ1) is 18.6. The van der Waals surface area contributed by atoms with Gasteiger partial charge < -0.3 is 9.84 Å². The lowest BCUT2D eigenvalue weighted by atomic mass is 9.59. The molecule has 3 aliphatic carbocycles. The van der Waals surface area contributed by atoms with E-state index >= 15 is 0 Å². The van der Waals surface area contributed by atoms with Gasteiger partial charge in [-0.05, 0) is 71.1 Å². The normalized spacial score (nSPS) is 26.2. The number of carbonyl (C=O) groups is 4. The Morgan fingerprint density at radius 2 is 1.74 bits per heavy atom. The van der Waals surface area contributed by atoms with E-state index in [0.717, 1.165) is 5.57 Å². The fourth-order valence-corrected chi connectivity index (χ4v) is 7.40. The zero-order valence-electron chi connectivity index (χ0n) is 20.4. The Kier molecular flexibility index (Phi) is 6.44. The molecule has 4 aliphatic rings. The highest BCUT2D eigenvalue weighted by Gasteiger charge is 2.57. The molecule has 0 bridgehead atoms. The van der Waals surface area contributed by atoms with E-state index in [1.165, 1.54) is 18.1 Å². The second-order valence-corrected chi connectivity index (χ2v) is 12.1. The summed E-state index contributed by atoms with van der Waals surface area (Å²) in [5.41, 5.74) is 2.09. The van der Waals surface area contributed by atoms with Crippen molar-refractivity contribution in [3.63, 3.8) is 0 Å². The second-order valence-electron chi connectivity index (χ2n) is 9.93. The van der Waals surface area contributed by atoms with Crippen molar-refractivity contribution < 1.29 is 29.0 Å². The topological polar surface area (TPSA) is 101 Å². The number of Topliss-reactive ketones (excluding diaryl/α,β-unsaturated/α-hetero) is 1. The number of carbonyl (C=O) groups excluding carboxylic acids is 4. The van der Waals surface area contributed by atoms with Crippen LogP contribution in [0.1, 0.15) is 24.3 Å². The third-order valence-electron chi connectivity index (χ3n) is 8.02. The predicted octanol–water partition coefficient (Wildman–Crippen LogP) is 5.78. The first kappa shape index (κ1) is 26.2. The summed E-state index contributed by atoms with van der Waals surface area (Å²) in [4.78, 5) is 55.4. The zero-order valence-corrected chi connectivity index (χ0v) is 24.3. The number of anilines is 1. The lowest BCUT2D eigenvalue weighted by Gasteiger charge is -2.42. The summed E-state index contributed by atoms with van der Waals surface area (Å²) in [6.07, 6.45) is 3.57. The number of benzene rings is 2. The fourth-order valence-electron chi connectivity index (χ4n) is 6.38. The van der Waals surface area contributed by atoms with Gasteiger partial charge in [0.05, 0.1) is 29.1 Å². The van der Waals surface area contributed by atoms with Crippen molar-refractivity contribution in [1.29, 1.82) is 0 Å². The number of aromatic hydroxyl groups is 1. The fraction of sp³-hybridized carbons (Fsp3) is 0.241. The van der Waals surface area contributed by atoms with E-state index in [-0.39, 0.29) is 63.4 Å². The molecule has 1 saturated heterocycles. The van der Waals surface area contributed by atoms with Crippen LogP contribution in [0.2, 0.25) is 5.02 Å². The maximum atomic E-state index is 13.9. The van der Waals surface area contributed by atoms with E-state index in [2.05, 4.69) is 31.9 Å². The molecule has 198 valence electrons. The van der Waals surface area contributed by atoms with Crippen molar-refractivity contribution in [2.75, 3.05) is 12.0 Å². The number of imide groups is 1. The van der Waals surface area contributed by atoms with E-state index in [0.29, 0.717) is 20.7 Å². The third kappa shape index (κ3) is 3.97. The van der Waals surface area contributed by atoms with Crippen LogP contribution in [0, 0.1) is 17.8 Å². The Morgan fingerprint density at radius 3 is 2.44 bits per heavy atom. The van der Waals surface area contributed by atoms with Gasteiger partial charge in [-0.3, -0.25) is 24.1 Å². The predicted molar refractivity (Wildman–Crippen MR) is 151 cm³/mol. The monoisotopic (exact) mass is 671 g/mol. The Morgan fingerprint density at radius 1 is 1.03 bits per heavy atom. The molecule has 39 heavy (non-hydrogen) atoms. The summed E-state index contributed by atoms with van der Waals surface area (Å²) in [5.74, 6) is -3.98. The summed E-state index contributed by atoms with van der Waals surface area (Å²) in [6, 6.07) is 9.80. The molecule has 2 aromatic carbocycles. The number of phenols is 1. The smallest absolute Gasteiger partial charge is 0.238 e. The van der Waals surface area contributed by atoms with Gasteiger partial charge in [0.2, 0.25) is 11.8 Å². The zero-order chi connectivity index (χ0) is 27.7. The Balaban J connectivity index is 1.52. The molecule has 0 radical (unpaired) electrons. The average molecular weight is 674 g/mol. The van der Waals surface area contributed by atoms with Crippen LogP contribution >= 0.6 is 43.5 Å². The van der Waals surface area contributed by atoms with Crippen molar-refractivity contribution in [1.82, 2.24) is 0 Å². The third-order valence-corrected chi connectivity index (χ3v) is 9.31. The molecule has 1 aliphatic heterocycles. The number of hydrogen-bond donors (Lipinski definition) is 1. The summed E-state index contributed by atoms with van der Waals surface area (Å²) < 4.78 is 6.11. The number of fused-ring (bicyclic) bond motifs is 3. The number of amides is 2. The average Bonchev–Trinajstić information content (AvgIpc) is 3.17. The number of ether oxygens (including phenoxy) is 1. The van der Waals surface area contributed by atoms with Crippen LogP contribution in [0.15, 0.2) is 74.2 Å². The van der Waals surface area contributed by atoms with Gasteiger partial charge in [-0.25, -0.2) is 0 Å². The van der Waals surface area contributed by atoms with Gasteiger partial charge in [0.15, 0.2) is 23.1 Å². The van der Waals surface area contributed by atoms with E-state index < -0.39 is 23.7 Å². The molecular weight excluding hydrogens is 654 g/mol. The Hall–Kier alpha value is -3.01. The molecule has 2 amide bonds. The summed E-state index contributed by atoms with van der Waals surface area (Å²) in [7, 11) is 1.42. The van der Waals surface area contributed by atoms with E-state index in [1.54, 1.807) is 36.4 Å². The maximum absolute atomic E-state index is 13.9. The van der Waals surface area contributed by atoms with Crippen molar-refractivity contribution in [3.8, 4) is 11.5 Å². The number of methoxy groups -OCH3 is 1. The quantitative estimate of drug-likeness (QED) is 0.252. The lowest BCUT2D eigenvalue weighted by molar-refractivity contribution is -0.123. The number of rotatable bonds is 3. The number of ketones is 2. The molecule has 10 heteroatoms. The second kappa shape index (κ2) is 9.57. The summed E-state index contributed by atoms with van der Waals surface area (Å²) in [5, 5.41) is 11.7. The van der Waals surface area contributed by atoms with Crippen LogP contribution in [-0.2, 0) is 19.2 Å². The largest absolute Gasteiger partial charge is 0.504 e. The first-order valence-corrected chi connectivity index (χ1v) is 14.2. The van der Waals surface area contributed by atoms with Crippen LogP contribution < -0.4 is 9.64 Å². The first-order valence-electron chi connectivity index (χ1n) is 12.2. The molecule has 0 aromatic heterocycles. The lowest BCUT2D eigenvalue weighted by Crippen LogP contribution is -2.39. The molecule has 4 atom stereocenters. The number of phenolic OH excluding ortho intramolecular Hbond substituents is 1. The highest BCUT2D eigenvalue weighted by molar-refractivity contribution is 9.12. The van der Waals surface area contributed by atoms with Crippen LogP contribution in [-0.4, -0.2) is 35.6 Å². The molecular formula is C29H20Br2ClNO6. The van der Waals surface area contributed by atoms with Crippen molar-refractivity contribution in [3.05, 3.63) is 84.8 Å².